The Morgan fingerprint density at radius 1 is 0.851 bits per heavy atom. The lowest BCUT2D eigenvalue weighted by atomic mass is 10.1. The van der Waals surface area contributed by atoms with E-state index in [0.29, 0.717) is 28.5 Å². The molecule has 2 heterocycles. The Balaban J connectivity index is 0.00000103. The van der Waals surface area contributed by atoms with Gasteiger partial charge < -0.3 is 9.77 Å². The predicted molar refractivity (Wildman–Crippen MR) is 176 cm³/mol. The standard InChI is InChI=1S/C32H26N8O2S.HNO3/c33-32(34)40-31(24-12-6-2-7-13-24)30(29(37-40)23-10-4-1-5-11-23)36-35-25-16-18-28(19-17-25)43(41,42)38-26-20-21-39(22-26)27-14-8-3-9-15-27;2-1(3)4/h1-22,38H,(H3,33,34);(H,2,3,4)/p+1. The molecule has 0 radical (unpaired) electrons. The summed E-state index contributed by atoms with van der Waals surface area (Å²) >= 11 is 0. The molecule has 4 aromatic carbocycles. The predicted octanol–water partition coefficient (Wildman–Crippen LogP) is 4.80. The third-order valence-electron chi connectivity index (χ3n) is 6.61. The van der Waals surface area contributed by atoms with Gasteiger partial charge in [0.05, 0.1) is 16.3 Å². The summed E-state index contributed by atoms with van der Waals surface area (Å²) < 4.78 is 32.1. The average molecular weight is 651 g/mol. The smallest absolute Gasteiger partial charge is 0.328 e. The number of hydrogen-bond donors (Lipinski definition) is 4. The number of nitrogens with zero attached hydrogens (tertiary/aromatic N) is 6. The highest BCUT2D eigenvalue weighted by Crippen LogP contribution is 2.39. The number of aromatic nitrogens is 3. The Hall–Kier alpha value is -6.61. The number of benzene rings is 4. The van der Waals surface area contributed by atoms with Crippen molar-refractivity contribution in [2.45, 2.75) is 4.90 Å². The molecule has 15 heteroatoms. The van der Waals surface area contributed by atoms with Gasteiger partial charge in [0.15, 0.2) is 11.4 Å². The van der Waals surface area contributed by atoms with E-state index < -0.39 is 15.1 Å². The molecule has 6 aromatic rings. The molecule has 0 aliphatic rings. The van der Waals surface area contributed by atoms with E-state index in [0.717, 1.165) is 16.8 Å². The van der Waals surface area contributed by atoms with Gasteiger partial charge in [0.25, 0.3) is 15.1 Å². The van der Waals surface area contributed by atoms with E-state index in [9.17, 15) is 8.42 Å². The summed E-state index contributed by atoms with van der Waals surface area (Å²) in [5.41, 5.74) is 11.0. The van der Waals surface area contributed by atoms with Crippen LogP contribution in [0, 0.1) is 10.1 Å². The summed E-state index contributed by atoms with van der Waals surface area (Å²) in [6, 6.07) is 36.5. The highest BCUT2D eigenvalue weighted by Gasteiger charge is 2.26. The van der Waals surface area contributed by atoms with Crippen LogP contribution in [0.2, 0.25) is 0 Å². The second-order valence-electron chi connectivity index (χ2n) is 9.79. The number of hydrogen-bond acceptors (Lipinski definition) is 7. The molecular formula is C32H28N9O5S+. The van der Waals surface area contributed by atoms with Crippen molar-refractivity contribution in [1.29, 1.82) is 0 Å². The van der Waals surface area contributed by atoms with Crippen molar-refractivity contribution >= 4 is 33.0 Å². The van der Waals surface area contributed by atoms with E-state index in [2.05, 4.69) is 20.0 Å². The topological polar surface area (TPSA) is 209 Å². The maximum absolute atomic E-state index is 13.1. The van der Waals surface area contributed by atoms with Crippen molar-refractivity contribution in [2.24, 2.45) is 16.0 Å². The zero-order valence-electron chi connectivity index (χ0n) is 24.5. The molecule has 2 aromatic heterocycles. The molecule has 0 aliphatic carbocycles. The van der Waals surface area contributed by atoms with Crippen molar-refractivity contribution in [1.82, 2.24) is 14.3 Å². The molecule has 6 N–H and O–H groups in total. The first-order valence-electron chi connectivity index (χ1n) is 13.9. The van der Waals surface area contributed by atoms with Gasteiger partial charge >= 0.3 is 5.96 Å². The molecule has 0 bridgehead atoms. The quantitative estimate of drug-likeness (QED) is 0.0594. The van der Waals surface area contributed by atoms with Gasteiger partial charge in [0, 0.05) is 29.2 Å². The van der Waals surface area contributed by atoms with E-state index in [1.165, 1.54) is 16.8 Å². The Kier molecular flexibility index (Phi) is 9.47. The Labute approximate surface area is 268 Å². The van der Waals surface area contributed by atoms with Crippen LogP contribution in [0.25, 0.3) is 28.2 Å². The van der Waals surface area contributed by atoms with Crippen LogP contribution in [0.5, 0.6) is 0 Å². The number of rotatable bonds is 8. The number of nitrogens with two attached hydrogens (primary N) is 2. The first-order valence-corrected chi connectivity index (χ1v) is 15.3. The SMILES string of the molecule is NC(=[NH2+])n1nc(-c2ccccc2)c(N=Nc2ccc(S(=O)(=O)Nc3ccn(-c4ccccc4)c3)cc2)c1-c1ccccc1.O=[N+]([O-])O. The lowest BCUT2D eigenvalue weighted by Crippen LogP contribution is -2.50. The number of nitrogens with one attached hydrogen (secondary N) is 1. The van der Waals surface area contributed by atoms with Gasteiger partial charge in [-0.15, -0.1) is 25.0 Å². The molecule has 0 saturated carbocycles. The van der Waals surface area contributed by atoms with Gasteiger partial charge in [0.2, 0.25) is 0 Å². The maximum atomic E-state index is 13.1. The fourth-order valence-electron chi connectivity index (χ4n) is 4.57. The molecule has 0 spiro atoms. The monoisotopic (exact) mass is 650 g/mol. The largest absolute Gasteiger partial charge is 0.370 e. The van der Waals surface area contributed by atoms with Crippen LogP contribution in [-0.4, -0.2) is 39.0 Å². The van der Waals surface area contributed by atoms with Crippen molar-refractivity contribution in [3.8, 4) is 28.2 Å². The lowest BCUT2D eigenvalue weighted by molar-refractivity contribution is -0.742. The molecule has 6 rings (SSSR count). The molecule has 0 saturated heterocycles. The van der Waals surface area contributed by atoms with E-state index >= 15 is 0 Å². The summed E-state index contributed by atoms with van der Waals surface area (Å²) in [6.45, 7) is 0. The Morgan fingerprint density at radius 2 is 1.40 bits per heavy atom. The van der Waals surface area contributed by atoms with Crippen molar-refractivity contribution in [2.75, 3.05) is 4.72 Å². The molecule has 14 nitrogen and oxygen atoms in total. The summed E-state index contributed by atoms with van der Waals surface area (Å²) in [4.78, 5) is 8.45. The maximum Gasteiger partial charge on any atom is 0.370 e. The van der Waals surface area contributed by atoms with Gasteiger partial charge in [-0.05, 0) is 42.5 Å². The second kappa shape index (κ2) is 14.0. The third kappa shape index (κ3) is 7.73. The minimum atomic E-state index is -3.84. The zero-order chi connectivity index (χ0) is 33.4. The normalized spacial score (nSPS) is 11.1. The third-order valence-corrected chi connectivity index (χ3v) is 8.01. The summed E-state index contributed by atoms with van der Waals surface area (Å²) in [6.07, 6.45) is 3.51. The Morgan fingerprint density at radius 3 is 1.98 bits per heavy atom. The van der Waals surface area contributed by atoms with E-state index in [1.807, 2.05) is 95.6 Å². The van der Waals surface area contributed by atoms with Gasteiger partial charge in [-0.1, -0.05) is 78.9 Å². The van der Waals surface area contributed by atoms with Crippen LogP contribution < -0.4 is 15.9 Å². The molecule has 0 fully saturated rings. The van der Waals surface area contributed by atoms with Crippen LogP contribution in [0.3, 0.4) is 0 Å². The molecule has 0 amide bonds. The summed E-state index contributed by atoms with van der Waals surface area (Å²) in [5, 5.41) is 33.3. The van der Waals surface area contributed by atoms with E-state index in [-0.39, 0.29) is 10.9 Å². The Bertz CT molecular complexity index is 2130. The van der Waals surface area contributed by atoms with Crippen LogP contribution in [0.4, 0.5) is 17.1 Å². The molecule has 0 unspecified atom stereocenters. The van der Waals surface area contributed by atoms with Gasteiger partial charge in [-0.2, -0.15) is 5.11 Å². The average Bonchev–Trinajstić information content (AvgIpc) is 3.70. The number of azo groups is 1. The first kappa shape index (κ1) is 31.8. The summed E-state index contributed by atoms with van der Waals surface area (Å²) in [5.74, 6) is -0.0151. The summed E-state index contributed by atoms with van der Waals surface area (Å²) in [7, 11) is -3.84. The molecule has 236 valence electrons. The van der Waals surface area contributed by atoms with Gasteiger partial charge in [-0.3, -0.25) is 15.9 Å². The fraction of sp³-hybridized carbons (Fsp3) is 0. The minimum absolute atomic E-state index is 0.0151. The van der Waals surface area contributed by atoms with Crippen LogP contribution in [0.15, 0.2) is 149 Å². The van der Waals surface area contributed by atoms with Crippen LogP contribution >= 0.6 is 0 Å². The first-order chi connectivity index (χ1) is 22.6. The molecule has 47 heavy (non-hydrogen) atoms. The van der Waals surface area contributed by atoms with E-state index in [1.54, 1.807) is 30.6 Å². The van der Waals surface area contributed by atoms with Crippen molar-refractivity contribution < 1.29 is 24.1 Å². The van der Waals surface area contributed by atoms with Crippen LogP contribution in [0.1, 0.15) is 0 Å². The fourth-order valence-corrected chi connectivity index (χ4v) is 5.61. The second-order valence-corrected chi connectivity index (χ2v) is 11.5. The zero-order valence-corrected chi connectivity index (χ0v) is 25.3. The minimum Gasteiger partial charge on any atom is -0.328 e. The van der Waals surface area contributed by atoms with E-state index in [4.69, 9.17) is 26.5 Å². The molecule has 0 aliphatic heterocycles. The highest BCUT2D eigenvalue weighted by atomic mass is 32.2. The number of sulfonamides is 1. The van der Waals surface area contributed by atoms with Crippen LogP contribution in [-0.2, 0) is 10.0 Å². The van der Waals surface area contributed by atoms with Crippen molar-refractivity contribution in [3.05, 3.63) is 144 Å². The number of para-hydroxylation sites is 1. The number of anilines is 1. The lowest BCUT2D eigenvalue weighted by Gasteiger charge is -2.07. The molecular weight excluding hydrogens is 622 g/mol. The molecule has 0 atom stereocenters. The van der Waals surface area contributed by atoms with Crippen molar-refractivity contribution in [3.63, 3.8) is 0 Å². The highest BCUT2D eigenvalue weighted by molar-refractivity contribution is 7.92. The van der Waals surface area contributed by atoms with Gasteiger partial charge in [-0.25, -0.2) is 8.42 Å². The van der Waals surface area contributed by atoms with Gasteiger partial charge in [0.1, 0.15) is 5.69 Å².